The molecule has 0 spiro atoms. The average molecular weight is 226 g/mol. The van der Waals surface area contributed by atoms with Crippen molar-refractivity contribution in [2.45, 2.75) is 0 Å². The van der Waals surface area contributed by atoms with Crippen molar-refractivity contribution in [1.29, 1.82) is 0 Å². The van der Waals surface area contributed by atoms with E-state index in [2.05, 4.69) is 15.1 Å². The van der Waals surface area contributed by atoms with E-state index in [-0.39, 0.29) is 57.2 Å². The van der Waals surface area contributed by atoms with Crippen molar-refractivity contribution in [3.8, 4) is 0 Å². The van der Waals surface area contributed by atoms with Crippen LogP contribution in [0.1, 0.15) is 0 Å². The quantitative estimate of drug-likeness (QED) is 0.493. The number of rotatable bonds is 1. The third kappa shape index (κ3) is 2.34. The Morgan fingerprint density at radius 1 is 1.21 bits per heavy atom. The summed E-state index contributed by atoms with van der Waals surface area (Å²) in [5.41, 5.74) is -0.780. The van der Waals surface area contributed by atoms with Crippen molar-refractivity contribution in [3.05, 3.63) is 18.7 Å². The van der Waals surface area contributed by atoms with Crippen molar-refractivity contribution in [2.24, 2.45) is 0 Å². The SMILES string of the molecule is F[B-](F)(F)c1cnc2ncnn2c1.[K+]. The molecule has 0 aliphatic rings. The van der Waals surface area contributed by atoms with Crippen LogP contribution in [-0.4, -0.2) is 26.6 Å². The first-order valence-corrected chi connectivity index (χ1v) is 3.42. The molecule has 0 amide bonds. The summed E-state index contributed by atoms with van der Waals surface area (Å²) in [7, 11) is 0. The molecule has 0 aliphatic heterocycles. The van der Waals surface area contributed by atoms with Gasteiger partial charge in [0.25, 0.3) is 5.78 Å². The van der Waals surface area contributed by atoms with Gasteiger partial charge < -0.3 is 12.9 Å². The van der Waals surface area contributed by atoms with E-state index in [1.807, 2.05) is 0 Å². The van der Waals surface area contributed by atoms with Crippen molar-refractivity contribution in [2.75, 3.05) is 0 Å². The molecule has 0 aromatic carbocycles. The maximum atomic E-state index is 12.2. The molecule has 0 saturated heterocycles. The minimum atomic E-state index is -5.02. The monoisotopic (exact) mass is 226 g/mol. The number of nitrogens with zero attached hydrogens (tertiary/aromatic N) is 4. The Morgan fingerprint density at radius 3 is 2.57 bits per heavy atom. The van der Waals surface area contributed by atoms with Gasteiger partial charge >= 0.3 is 58.4 Å². The van der Waals surface area contributed by atoms with Crippen LogP contribution in [0, 0.1) is 0 Å². The largest absolute Gasteiger partial charge is 1.00 e. The molecule has 0 bridgehead atoms. The molecule has 2 aromatic heterocycles. The zero-order valence-electron chi connectivity index (χ0n) is 7.23. The van der Waals surface area contributed by atoms with Crippen LogP contribution in [0.3, 0.4) is 0 Å². The smallest absolute Gasteiger partial charge is 0.445 e. The maximum absolute atomic E-state index is 12.2. The van der Waals surface area contributed by atoms with Crippen LogP contribution in [0.4, 0.5) is 12.9 Å². The molecule has 14 heavy (non-hydrogen) atoms. The van der Waals surface area contributed by atoms with Crippen LogP contribution < -0.4 is 56.8 Å². The Morgan fingerprint density at radius 2 is 1.93 bits per heavy atom. The second-order valence-electron chi connectivity index (χ2n) is 2.47. The first-order chi connectivity index (χ1) is 6.07. The summed E-state index contributed by atoms with van der Waals surface area (Å²) < 4.78 is 37.5. The van der Waals surface area contributed by atoms with Crippen LogP contribution in [-0.2, 0) is 0 Å². The molecule has 9 heteroatoms. The summed E-state index contributed by atoms with van der Waals surface area (Å²) in [5.74, 6) is 0.156. The van der Waals surface area contributed by atoms with Gasteiger partial charge in [0.15, 0.2) is 0 Å². The van der Waals surface area contributed by atoms with E-state index in [1.54, 1.807) is 0 Å². The van der Waals surface area contributed by atoms with Gasteiger partial charge in [0.1, 0.15) is 6.33 Å². The second-order valence-corrected chi connectivity index (χ2v) is 2.47. The zero-order valence-corrected chi connectivity index (χ0v) is 10.4. The van der Waals surface area contributed by atoms with Gasteiger partial charge in [0, 0.05) is 12.4 Å². The normalized spacial score (nSPS) is 11.4. The van der Waals surface area contributed by atoms with Gasteiger partial charge in [0.2, 0.25) is 0 Å². The summed E-state index contributed by atoms with van der Waals surface area (Å²) in [4.78, 5) is 7.11. The summed E-state index contributed by atoms with van der Waals surface area (Å²) in [5, 5.41) is 3.55. The number of fused-ring (bicyclic) bond motifs is 1. The number of halogens is 3. The van der Waals surface area contributed by atoms with Gasteiger partial charge in [-0.25, -0.2) is 9.50 Å². The van der Waals surface area contributed by atoms with E-state index in [9.17, 15) is 12.9 Å². The molecule has 0 saturated carbocycles. The zero-order chi connectivity index (χ0) is 9.47. The van der Waals surface area contributed by atoms with E-state index in [4.69, 9.17) is 0 Å². The summed E-state index contributed by atoms with van der Waals surface area (Å²) in [6.07, 6.45) is 2.77. The Bertz CT molecular complexity index is 442. The Hall–Kier alpha value is 0.0413. The molecule has 2 rings (SSSR count). The molecule has 4 nitrogen and oxygen atoms in total. The minimum absolute atomic E-state index is 0. The molecule has 0 fully saturated rings. The molecule has 0 radical (unpaired) electrons. The van der Waals surface area contributed by atoms with Crippen LogP contribution in [0.2, 0.25) is 0 Å². The predicted molar refractivity (Wildman–Crippen MR) is 39.5 cm³/mol. The van der Waals surface area contributed by atoms with Gasteiger partial charge in [-0.1, -0.05) is 5.46 Å². The van der Waals surface area contributed by atoms with Crippen LogP contribution in [0.25, 0.3) is 5.78 Å². The summed E-state index contributed by atoms with van der Waals surface area (Å²) >= 11 is 0. The first kappa shape index (κ1) is 12.1. The topological polar surface area (TPSA) is 43.1 Å². The van der Waals surface area contributed by atoms with Crippen molar-refractivity contribution < 1.29 is 64.3 Å². The van der Waals surface area contributed by atoms with E-state index in [0.29, 0.717) is 0 Å². The van der Waals surface area contributed by atoms with Crippen molar-refractivity contribution in [3.63, 3.8) is 0 Å². The predicted octanol–water partition coefficient (Wildman–Crippen LogP) is -2.82. The van der Waals surface area contributed by atoms with Gasteiger partial charge in [0.05, 0.1) is 0 Å². The molecule has 2 heterocycles. The Balaban J connectivity index is 0.000000980. The van der Waals surface area contributed by atoms with Gasteiger partial charge in [-0.3, -0.25) is 0 Å². The summed E-state index contributed by atoms with van der Waals surface area (Å²) in [6.45, 7) is -5.02. The minimum Gasteiger partial charge on any atom is -0.445 e. The first-order valence-electron chi connectivity index (χ1n) is 3.42. The fraction of sp³-hybridized carbons (Fsp3) is 0. The fourth-order valence-corrected chi connectivity index (χ4v) is 0.903. The number of hydrogen-bond donors (Lipinski definition) is 0. The number of hydrogen-bond acceptors (Lipinski definition) is 3. The van der Waals surface area contributed by atoms with Gasteiger partial charge in [-0.15, -0.1) is 0 Å². The van der Waals surface area contributed by atoms with Crippen LogP contribution in [0.15, 0.2) is 18.7 Å². The molecule has 0 aliphatic carbocycles. The summed E-state index contributed by atoms with van der Waals surface area (Å²) in [6, 6.07) is 0. The fourth-order valence-electron chi connectivity index (χ4n) is 0.903. The van der Waals surface area contributed by atoms with Crippen molar-refractivity contribution in [1.82, 2.24) is 19.6 Å². The molecular weight excluding hydrogens is 223 g/mol. The van der Waals surface area contributed by atoms with Crippen LogP contribution in [0.5, 0.6) is 0 Å². The molecule has 2 aromatic rings. The molecule has 0 unspecified atom stereocenters. The van der Waals surface area contributed by atoms with E-state index < -0.39 is 12.4 Å². The Labute approximate surface area is 119 Å². The third-order valence-corrected chi connectivity index (χ3v) is 1.53. The standard InChI is InChI=1S/C5H3BF3N4.K/c7-6(8,9)4-1-10-5-11-3-12-13(5)2-4;/h1-3H;/q-1;+1. The molecule has 0 N–H and O–H groups in total. The van der Waals surface area contributed by atoms with E-state index in [0.717, 1.165) is 23.2 Å². The van der Waals surface area contributed by atoms with Gasteiger partial charge in [-0.2, -0.15) is 10.1 Å². The van der Waals surface area contributed by atoms with Gasteiger partial charge in [-0.05, 0) is 0 Å². The Kier molecular flexibility index (Phi) is 3.70. The third-order valence-electron chi connectivity index (χ3n) is 1.53. The number of aromatic nitrogens is 4. The van der Waals surface area contributed by atoms with E-state index in [1.165, 1.54) is 0 Å². The van der Waals surface area contributed by atoms with E-state index >= 15 is 0 Å². The average Bonchev–Trinajstić information content (AvgIpc) is 2.47. The second kappa shape index (κ2) is 4.27. The molecule has 0 atom stereocenters. The molecular formula is C5H3BF3KN4. The van der Waals surface area contributed by atoms with Crippen LogP contribution >= 0.6 is 0 Å². The maximum Gasteiger partial charge on any atom is 1.00 e. The van der Waals surface area contributed by atoms with Crippen molar-refractivity contribution >= 4 is 18.2 Å². The molecule has 68 valence electrons.